The molecule has 5 heteroatoms. The minimum Gasteiger partial charge on any atom is -0.456 e. The van der Waals surface area contributed by atoms with Crippen LogP contribution in [-0.2, 0) is 21.7 Å². The van der Waals surface area contributed by atoms with Gasteiger partial charge in [0.25, 0.3) is 6.71 Å². The predicted molar refractivity (Wildman–Crippen MR) is 315 cm³/mol. The summed E-state index contributed by atoms with van der Waals surface area (Å²) in [6.45, 7) is 28.8. The maximum Gasteiger partial charge on any atom is 0.252 e. The molecule has 14 rings (SSSR count). The number of fused-ring (bicyclic) bond motifs is 13. The van der Waals surface area contributed by atoms with Gasteiger partial charge in [-0.1, -0.05) is 160 Å². The number of para-hydroxylation sites is 1. The van der Waals surface area contributed by atoms with Crippen LogP contribution < -0.4 is 31.1 Å². The lowest BCUT2D eigenvalue weighted by molar-refractivity contribution is 0.194. The molecule has 368 valence electrons. The van der Waals surface area contributed by atoms with Gasteiger partial charge in [-0.3, -0.25) is 0 Å². The van der Waals surface area contributed by atoms with Crippen molar-refractivity contribution in [1.29, 1.82) is 0 Å². The van der Waals surface area contributed by atoms with Crippen LogP contribution in [0.3, 0.4) is 0 Å². The molecule has 5 aliphatic rings. The number of rotatable bonds is 3. The highest BCUT2D eigenvalue weighted by atomic mass is 16.3. The second-order valence-electron chi connectivity index (χ2n) is 25.8. The highest BCUT2D eigenvalue weighted by Gasteiger charge is 2.59. The van der Waals surface area contributed by atoms with E-state index >= 15 is 0 Å². The van der Waals surface area contributed by atoms with Crippen LogP contribution >= 0.6 is 0 Å². The molecule has 4 nitrogen and oxygen atoms in total. The van der Waals surface area contributed by atoms with Crippen molar-refractivity contribution in [3.63, 3.8) is 0 Å². The van der Waals surface area contributed by atoms with Crippen LogP contribution in [-0.4, -0.2) is 12.3 Å². The fourth-order valence-electron chi connectivity index (χ4n) is 15.1. The molecule has 2 aliphatic carbocycles. The van der Waals surface area contributed by atoms with Gasteiger partial charge in [0, 0.05) is 56.0 Å². The Kier molecular flexibility index (Phi) is 9.30. The fraction of sp³-hybridized carbons (Fsp3) is 0.304. The zero-order chi connectivity index (χ0) is 51.2. The highest BCUT2D eigenvalue weighted by Crippen LogP contribution is 2.63. The molecule has 0 radical (unpaired) electrons. The maximum atomic E-state index is 6.76. The summed E-state index contributed by atoms with van der Waals surface area (Å²) >= 11 is 0. The number of nitrogens with zero attached hydrogens (tertiary/aromatic N) is 3. The molecule has 0 N–H and O–H groups in total. The second kappa shape index (κ2) is 15.1. The monoisotopic (exact) mass is 966 g/mol. The molecule has 2 unspecified atom stereocenters. The zero-order valence-electron chi connectivity index (χ0n) is 45.5. The summed E-state index contributed by atoms with van der Waals surface area (Å²) in [5.41, 5.74) is 27.5. The Morgan fingerprint density at radius 1 is 0.514 bits per heavy atom. The molecule has 0 saturated heterocycles. The zero-order valence-corrected chi connectivity index (χ0v) is 45.5. The van der Waals surface area contributed by atoms with Gasteiger partial charge in [0.15, 0.2) is 0 Å². The maximum absolute atomic E-state index is 6.76. The molecular formula is C69H68BN3O. The lowest BCUT2D eigenvalue weighted by atomic mass is 9.33. The lowest BCUT2D eigenvalue weighted by Crippen LogP contribution is -2.61. The SMILES string of the molecule is Cc1cc(C)c2c(c1)N(c1cc3c4c(c1)N(c1cccc5oc6ccccc6c15)c1cc(C(C)(C)C)ccc1B4c1ccc(C(C)(C)C)cc1N3c1ccc3c(c1)C(C)(C)c1ccccc1-3)C1(C)CCCCC21C. The molecule has 4 heterocycles. The minimum absolute atomic E-state index is 0.0301. The Labute approximate surface area is 439 Å². The van der Waals surface area contributed by atoms with Gasteiger partial charge in [0.2, 0.25) is 0 Å². The molecule has 1 fully saturated rings. The first-order valence-corrected chi connectivity index (χ1v) is 27.4. The van der Waals surface area contributed by atoms with Gasteiger partial charge in [-0.25, -0.2) is 0 Å². The van der Waals surface area contributed by atoms with Gasteiger partial charge in [-0.15, -0.1) is 0 Å². The van der Waals surface area contributed by atoms with Gasteiger partial charge in [0.05, 0.1) is 16.6 Å². The molecule has 3 aliphatic heterocycles. The number of hydrogen-bond acceptors (Lipinski definition) is 4. The summed E-state index contributed by atoms with van der Waals surface area (Å²) in [6, 6.07) is 56.8. The highest BCUT2D eigenvalue weighted by molar-refractivity contribution is 7.00. The van der Waals surface area contributed by atoms with E-state index in [1.807, 2.05) is 0 Å². The van der Waals surface area contributed by atoms with Gasteiger partial charge in [-0.2, -0.15) is 0 Å². The molecular weight excluding hydrogens is 898 g/mol. The average Bonchev–Trinajstić information content (AvgIpc) is 3.93. The van der Waals surface area contributed by atoms with E-state index < -0.39 is 0 Å². The molecule has 1 saturated carbocycles. The Morgan fingerprint density at radius 3 is 1.88 bits per heavy atom. The third kappa shape index (κ3) is 6.04. The van der Waals surface area contributed by atoms with E-state index in [-0.39, 0.29) is 33.9 Å². The molecule has 9 aromatic rings. The van der Waals surface area contributed by atoms with Crippen molar-refractivity contribution >= 4 is 90.5 Å². The average molecular weight is 966 g/mol. The van der Waals surface area contributed by atoms with Gasteiger partial charge in [0.1, 0.15) is 11.2 Å². The Bertz CT molecular complexity index is 3900. The third-order valence-corrected chi connectivity index (χ3v) is 19.0. The Balaban J connectivity index is 1.14. The smallest absolute Gasteiger partial charge is 0.252 e. The first-order chi connectivity index (χ1) is 35.3. The van der Waals surface area contributed by atoms with Crippen molar-refractivity contribution < 1.29 is 4.42 Å². The summed E-state index contributed by atoms with van der Waals surface area (Å²) in [5.74, 6) is 0. The van der Waals surface area contributed by atoms with E-state index in [9.17, 15) is 0 Å². The predicted octanol–water partition coefficient (Wildman–Crippen LogP) is 16.9. The minimum atomic E-state index is -0.167. The van der Waals surface area contributed by atoms with Crippen LogP contribution in [0.15, 0.2) is 150 Å². The first kappa shape index (κ1) is 45.6. The molecule has 0 bridgehead atoms. The second-order valence-corrected chi connectivity index (χ2v) is 25.8. The molecule has 2 atom stereocenters. The Morgan fingerprint density at radius 2 is 1.15 bits per heavy atom. The molecule has 74 heavy (non-hydrogen) atoms. The normalized spacial score (nSPS) is 20.1. The topological polar surface area (TPSA) is 22.9 Å². The third-order valence-electron chi connectivity index (χ3n) is 19.0. The van der Waals surface area contributed by atoms with Gasteiger partial charge >= 0.3 is 0 Å². The van der Waals surface area contributed by atoms with Crippen LogP contribution in [0.4, 0.5) is 45.5 Å². The van der Waals surface area contributed by atoms with E-state index in [4.69, 9.17) is 4.42 Å². The van der Waals surface area contributed by atoms with Crippen LogP contribution in [0.5, 0.6) is 0 Å². The van der Waals surface area contributed by atoms with Crippen molar-refractivity contribution in [3.8, 4) is 11.1 Å². The summed E-state index contributed by atoms with van der Waals surface area (Å²) < 4.78 is 6.76. The number of anilines is 8. The quantitative estimate of drug-likeness (QED) is 0.165. The van der Waals surface area contributed by atoms with Crippen LogP contribution in [0.25, 0.3) is 33.1 Å². The summed E-state index contributed by atoms with van der Waals surface area (Å²) in [7, 11) is 0. The van der Waals surface area contributed by atoms with E-state index in [1.54, 1.807) is 0 Å². The Hall–Kier alpha value is -6.98. The molecule has 0 spiro atoms. The molecule has 1 aromatic heterocycles. The van der Waals surface area contributed by atoms with Crippen molar-refractivity contribution in [1.82, 2.24) is 0 Å². The lowest BCUT2D eigenvalue weighted by Gasteiger charge is -2.51. The van der Waals surface area contributed by atoms with E-state index in [0.717, 1.165) is 34.0 Å². The first-order valence-electron chi connectivity index (χ1n) is 27.4. The van der Waals surface area contributed by atoms with Crippen LogP contribution in [0.2, 0.25) is 0 Å². The van der Waals surface area contributed by atoms with Crippen molar-refractivity contribution in [2.75, 3.05) is 14.7 Å². The number of benzene rings is 8. The van der Waals surface area contributed by atoms with E-state index in [1.165, 1.54) is 126 Å². The summed E-state index contributed by atoms with van der Waals surface area (Å²) in [6.07, 6.45) is 4.74. The van der Waals surface area contributed by atoms with E-state index in [2.05, 4.69) is 243 Å². The fourth-order valence-corrected chi connectivity index (χ4v) is 15.1. The van der Waals surface area contributed by atoms with Gasteiger partial charge < -0.3 is 19.1 Å². The van der Waals surface area contributed by atoms with E-state index in [0.29, 0.717) is 0 Å². The summed E-state index contributed by atoms with van der Waals surface area (Å²) in [5, 5.41) is 2.27. The van der Waals surface area contributed by atoms with Crippen molar-refractivity contribution in [2.24, 2.45) is 0 Å². The number of furan rings is 1. The standard InChI is InChI=1S/C69H68BN3O/c1-41-34-42(2)63-57(35-41)73(69(12)33-18-17-32-68(63,69)11)46-39-58-64-59(40-46)72(54-23-19-25-61-62(54)49-21-14-16-24-60(49)74-61)56-37-44(66(6,7)8)27-31-53(56)70(64)52-30-26-43(65(3,4)5)36-55(52)71(58)45-28-29-48-47-20-13-15-22-50(47)67(9,10)51(48)38-45/h13-16,19-31,34-40H,17-18,32-33H2,1-12H3. The van der Waals surface area contributed by atoms with Crippen LogP contribution in [0, 0.1) is 13.8 Å². The molecule has 8 aromatic carbocycles. The summed E-state index contributed by atoms with van der Waals surface area (Å²) in [4.78, 5) is 8.18. The van der Waals surface area contributed by atoms with Gasteiger partial charge in [-0.05, 0) is 172 Å². The van der Waals surface area contributed by atoms with Crippen LogP contribution in [0.1, 0.15) is 134 Å². The molecule has 0 amide bonds. The largest absolute Gasteiger partial charge is 0.456 e. The van der Waals surface area contributed by atoms with Crippen molar-refractivity contribution in [3.05, 3.63) is 185 Å². The number of hydrogen-bond donors (Lipinski definition) is 0. The van der Waals surface area contributed by atoms with Crippen molar-refractivity contribution in [2.45, 2.75) is 136 Å². The number of aryl methyl sites for hydroxylation is 2.